The first-order valence-electron chi connectivity index (χ1n) is 9.39. The van der Waals surface area contributed by atoms with Gasteiger partial charge in [0.2, 0.25) is 0 Å². The molecule has 154 valence electrons. The van der Waals surface area contributed by atoms with Gasteiger partial charge in [0.1, 0.15) is 11.7 Å². The fraction of sp³-hybridized carbons (Fsp3) is 0.571. The summed E-state index contributed by atoms with van der Waals surface area (Å²) in [5, 5.41) is 20.5. The number of rotatable bonds is 5. The standard InChI is InChI=1S/C21H28O7/c1-11(2)27-19(24)17-15(23)10-21(5,26)18(20(25)28-12(3)4)16(17)13-6-8-14(22)9-7-13/h6-9,11-12,16-18,22,26H,10H2,1-5H3/t16-,17-,18-,21+/m0/s1. The van der Waals surface area contributed by atoms with Gasteiger partial charge in [0.15, 0.2) is 5.78 Å². The van der Waals surface area contributed by atoms with Crippen LogP contribution in [0.3, 0.4) is 0 Å². The Bertz CT molecular complexity index is 726. The summed E-state index contributed by atoms with van der Waals surface area (Å²) < 4.78 is 10.6. The van der Waals surface area contributed by atoms with Crippen molar-refractivity contribution in [2.75, 3.05) is 0 Å². The van der Waals surface area contributed by atoms with Crippen LogP contribution in [-0.2, 0) is 23.9 Å². The van der Waals surface area contributed by atoms with Gasteiger partial charge in [0, 0.05) is 12.3 Å². The number of carbonyl (C=O) groups is 3. The van der Waals surface area contributed by atoms with Gasteiger partial charge in [-0.3, -0.25) is 14.4 Å². The van der Waals surface area contributed by atoms with E-state index in [-0.39, 0.29) is 12.2 Å². The largest absolute Gasteiger partial charge is 0.508 e. The Morgan fingerprint density at radius 3 is 2.04 bits per heavy atom. The van der Waals surface area contributed by atoms with Crippen LogP contribution in [0, 0.1) is 11.8 Å². The van der Waals surface area contributed by atoms with Gasteiger partial charge < -0.3 is 19.7 Å². The van der Waals surface area contributed by atoms with Crippen LogP contribution < -0.4 is 0 Å². The first kappa shape index (κ1) is 21.9. The van der Waals surface area contributed by atoms with Crippen molar-refractivity contribution in [1.82, 2.24) is 0 Å². The molecular weight excluding hydrogens is 364 g/mol. The molecule has 0 amide bonds. The van der Waals surface area contributed by atoms with E-state index in [1.54, 1.807) is 27.7 Å². The van der Waals surface area contributed by atoms with Gasteiger partial charge in [-0.15, -0.1) is 0 Å². The van der Waals surface area contributed by atoms with Crippen molar-refractivity contribution < 1.29 is 34.1 Å². The minimum Gasteiger partial charge on any atom is -0.508 e. The zero-order valence-electron chi connectivity index (χ0n) is 16.8. The number of phenols is 1. The lowest BCUT2D eigenvalue weighted by Gasteiger charge is -2.44. The fourth-order valence-electron chi connectivity index (χ4n) is 3.72. The molecule has 2 rings (SSSR count). The molecule has 1 aromatic carbocycles. The van der Waals surface area contributed by atoms with E-state index in [9.17, 15) is 24.6 Å². The molecule has 1 aliphatic carbocycles. The normalized spacial score (nSPS) is 27.7. The zero-order chi connectivity index (χ0) is 21.2. The Labute approximate surface area is 164 Å². The van der Waals surface area contributed by atoms with Crippen molar-refractivity contribution >= 4 is 17.7 Å². The number of phenolic OH excluding ortho intramolecular Hbond substituents is 1. The van der Waals surface area contributed by atoms with Crippen molar-refractivity contribution in [3.8, 4) is 5.75 Å². The molecule has 4 atom stereocenters. The lowest BCUT2D eigenvalue weighted by molar-refractivity contribution is -0.176. The predicted octanol–water partition coefficient (Wildman–Crippen LogP) is 2.34. The number of hydrogen-bond acceptors (Lipinski definition) is 7. The van der Waals surface area contributed by atoms with Crippen LogP contribution >= 0.6 is 0 Å². The Balaban J connectivity index is 2.59. The second-order valence-corrected chi connectivity index (χ2v) is 8.04. The molecule has 0 aromatic heterocycles. The molecule has 0 radical (unpaired) electrons. The third kappa shape index (κ3) is 4.70. The molecule has 0 spiro atoms. The van der Waals surface area contributed by atoms with Crippen LogP contribution in [0.25, 0.3) is 0 Å². The number of carbonyl (C=O) groups excluding carboxylic acids is 3. The molecule has 1 saturated carbocycles. The predicted molar refractivity (Wildman–Crippen MR) is 101 cm³/mol. The maximum atomic E-state index is 12.9. The number of aliphatic hydroxyl groups is 1. The molecular formula is C21H28O7. The molecule has 0 saturated heterocycles. The summed E-state index contributed by atoms with van der Waals surface area (Å²) in [6.07, 6.45) is -1.23. The average Bonchev–Trinajstić information content (AvgIpc) is 2.52. The van der Waals surface area contributed by atoms with Crippen molar-refractivity contribution in [3.05, 3.63) is 29.8 Å². The van der Waals surface area contributed by atoms with Crippen LogP contribution in [0.4, 0.5) is 0 Å². The summed E-state index contributed by atoms with van der Waals surface area (Å²) in [7, 11) is 0. The minimum atomic E-state index is -1.69. The molecule has 0 unspecified atom stereocenters. The highest BCUT2D eigenvalue weighted by molar-refractivity contribution is 6.02. The highest BCUT2D eigenvalue weighted by atomic mass is 16.5. The summed E-state index contributed by atoms with van der Waals surface area (Å²) in [5.41, 5.74) is -1.23. The average molecular weight is 392 g/mol. The molecule has 0 aliphatic heterocycles. The lowest BCUT2D eigenvalue weighted by Crippen LogP contribution is -2.55. The van der Waals surface area contributed by atoms with Crippen LogP contribution in [0.2, 0.25) is 0 Å². The third-order valence-electron chi connectivity index (χ3n) is 4.76. The second-order valence-electron chi connectivity index (χ2n) is 8.04. The van der Waals surface area contributed by atoms with Crippen molar-refractivity contribution in [1.29, 1.82) is 0 Å². The Hall–Kier alpha value is -2.41. The maximum Gasteiger partial charge on any atom is 0.317 e. The number of benzene rings is 1. The van der Waals surface area contributed by atoms with E-state index in [0.29, 0.717) is 5.56 Å². The Kier molecular flexibility index (Phi) is 6.49. The molecule has 1 aromatic rings. The summed E-state index contributed by atoms with van der Waals surface area (Å²) in [6, 6.07) is 5.86. The van der Waals surface area contributed by atoms with E-state index in [1.165, 1.54) is 31.2 Å². The van der Waals surface area contributed by atoms with Gasteiger partial charge in [-0.25, -0.2) is 0 Å². The summed E-state index contributed by atoms with van der Waals surface area (Å²) in [6.45, 7) is 8.10. The van der Waals surface area contributed by atoms with Crippen molar-refractivity contribution in [3.63, 3.8) is 0 Å². The SMILES string of the molecule is CC(C)OC(=O)[C@H]1C(=O)C[C@@](C)(O)[C@H](C(=O)OC(C)C)[C@H]1c1ccc(O)cc1. The number of Topliss-reactive ketones (excluding diaryl/α,β-unsaturated/α-hetero) is 1. The van der Waals surface area contributed by atoms with Crippen molar-refractivity contribution in [2.45, 2.75) is 64.8 Å². The molecule has 1 aliphatic rings. The van der Waals surface area contributed by atoms with Crippen LogP contribution in [-0.4, -0.2) is 45.7 Å². The summed E-state index contributed by atoms with van der Waals surface area (Å²) in [5.74, 6) is -5.31. The van der Waals surface area contributed by atoms with E-state index in [4.69, 9.17) is 9.47 Å². The van der Waals surface area contributed by atoms with Crippen LogP contribution in [0.1, 0.15) is 52.5 Å². The highest BCUT2D eigenvalue weighted by Gasteiger charge is 2.57. The van der Waals surface area contributed by atoms with Gasteiger partial charge in [0.05, 0.1) is 23.7 Å². The minimum absolute atomic E-state index is 0.000241. The summed E-state index contributed by atoms with van der Waals surface area (Å²) >= 11 is 0. The van der Waals surface area contributed by atoms with Crippen LogP contribution in [0.15, 0.2) is 24.3 Å². The number of hydrogen-bond donors (Lipinski definition) is 2. The topological polar surface area (TPSA) is 110 Å². The second kappa shape index (κ2) is 8.31. The molecule has 7 nitrogen and oxygen atoms in total. The van der Waals surface area contributed by atoms with Crippen LogP contribution in [0.5, 0.6) is 5.75 Å². The highest BCUT2D eigenvalue weighted by Crippen LogP contribution is 2.47. The van der Waals surface area contributed by atoms with E-state index in [0.717, 1.165) is 0 Å². The van der Waals surface area contributed by atoms with Gasteiger partial charge in [-0.05, 0) is 52.3 Å². The van der Waals surface area contributed by atoms with Gasteiger partial charge in [-0.1, -0.05) is 12.1 Å². The molecule has 7 heteroatoms. The Morgan fingerprint density at radius 2 is 1.54 bits per heavy atom. The van der Waals surface area contributed by atoms with Gasteiger partial charge in [-0.2, -0.15) is 0 Å². The van der Waals surface area contributed by atoms with E-state index >= 15 is 0 Å². The van der Waals surface area contributed by atoms with Crippen molar-refractivity contribution in [2.24, 2.45) is 11.8 Å². The summed E-state index contributed by atoms with van der Waals surface area (Å²) in [4.78, 5) is 38.4. The maximum absolute atomic E-state index is 12.9. The molecule has 0 heterocycles. The third-order valence-corrected chi connectivity index (χ3v) is 4.76. The number of esters is 2. The van der Waals surface area contributed by atoms with E-state index in [2.05, 4.69) is 0 Å². The number of ether oxygens (including phenoxy) is 2. The Morgan fingerprint density at radius 1 is 1.04 bits per heavy atom. The lowest BCUT2D eigenvalue weighted by atomic mass is 9.61. The molecule has 1 fully saturated rings. The van der Waals surface area contributed by atoms with E-state index < -0.39 is 53.3 Å². The zero-order valence-corrected chi connectivity index (χ0v) is 16.8. The smallest absolute Gasteiger partial charge is 0.317 e. The fourth-order valence-corrected chi connectivity index (χ4v) is 3.72. The van der Waals surface area contributed by atoms with Gasteiger partial charge in [0.25, 0.3) is 0 Å². The molecule has 0 bridgehead atoms. The monoisotopic (exact) mass is 392 g/mol. The first-order chi connectivity index (χ1) is 12.9. The van der Waals surface area contributed by atoms with Gasteiger partial charge >= 0.3 is 11.9 Å². The number of aromatic hydroxyl groups is 1. The molecule has 28 heavy (non-hydrogen) atoms. The number of ketones is 1. The molecule has 2 N–H and O–H groups in total. The quantitative estimate of drug-likeness (QED) is 0.584. The van der Waals surface area contributed by atoms with E-state index in [1.807, 2.05) is 0 Å². The first-order valence-corrected chi connectivity index (χ1v) is 9.39.